The number of hydrogen-bond donors (Lipinski definition) is 1. The van der Waals surface area contributed by atoms with Gasteiger partial charge in [0.15, 0.2) is 0 Å². The minimum absolute atomic E-state index is 0.191. The van der Waals surface area contributed by atoms with Gasteiger partial charge in [-0.2, -0.15) is 4.98 Å². The van der Waals surface area contributed by atoms with E-state index >= 15 is 0 Å². The van der Waals surface area contributed by atoms with E-state index in [2.05, 4.69) is 15.5 Å². The summed E-state index contributed by atoms with van der Waals surface area (Å²) in [4.78, 5) is 15.4. The van der Waals surface area contributed by atoms with Crippen LogP contribution in [0.4, 0.5) is 4.79 Å². The van der Waals surface area contributed by atoms with Gasteiger partial charge in [-0.15, -0.1) is 0 Å². The Hall–Kier alpha value is -2.08. The Kier molecular flexibility index (Phi) is 4.95. The maximum atomic E-state index is 11.4. The average molecular weight is 296 g/mol. The van der Waals surface area contributed by atoms with Gasteiger partial charge >= 0.3 is 12.2 Å². The van der Waals surface area contributed by atoms with E-state index in [0.717, 1.165) is 18.4 Å². The number of benzene rings is 1. The molecule has 0 atom stereocenters. The molecule has 20 heavy (non-hydrogen) atoms. The number of rotatable bonds is 5. The van der Waals surface area contributed by atoms with Crippen molar-refractivity contribution in [3.8, 4) is 17.5 Å². The molecule has 1 heterocycles. The van der Waals surface area contributed by atoms with Crippen LogP contribution in [0, 0.1) is 0 Å². The number of nitrogens with zero attached hydrogens (tertiary/aromatic N) is 2. The highest BCUT2D eigenvalue weighted by molar-refractivity contribution is 6.30. The second kappa shape index (κ2) is 6.91. The molecule has 1 N–H and O–H groups in total. The van der Waals surface area contributed by atoms with Crippen molar-refractivity contribution >= 4 is 17.7 Å². The van der Waals surface area contributed by atoms with Gasteiger partial charge in [-0.05, 0) is 30.7 Å². The van der Waals surface area contributed by atoms with Crippen LogP contribution in [0.3, 0.4) is 0 Å². The van der Waals surface area contributed by atoms with Crippen LogP contribution in [-0.4, -0.2) is 22.8 Å². The fourth-order valence-corrected chi connectivity index (χ4v) is 1.58. The molecule has 1 aromatic heterocycles. The quantitative estimate of drug-likeness (QED) is 0.857. The maximum absolute atomic E-state index is 11.4. The Morgan fingerprint density at radius 2 is 2.15 bits per heavy atom. The maximum Gasteiger partial charge on any atom is 0.426 e. The van der Waals surface area contributed by atoms with Crippen molar-refractivity contribution in [3.05, 3.63) is 29.3 Å². The molecule has 6 nitrogen and oxygen atoms in total. The van der Waals surface area contributed by atoms with Crippen molar-refractivity contribution in [1.82, 2.24) is 15.5 Å². The number of unbranched alkanes of at least 4 members (excludes halogenated alkanes) is 1. The highest BCUT2D eigenvalue weighted by atomic mass is 35.5. The molecule has 0 bridgehead atoms. The Bertz CT molecular complexity index is 568. The molecule has 0 saturated heterocycles. The number of carbonyl (C=O) groups excluding carboxylic acids is 1. The van der Waals surface area contributed by atoms with Crippen molar-refractivity contribution in [2.45, 2.75) is 19.8 Å². The lowest BCUT2D eigenvalue weighted by molar-refractivity contribution is 0.177. The predicted molar refractivity (Wildman–Crippen MR) is 73.7 cm³/mol. The van der Waals surface area contributed by atoms with Gasteiger partial charge in [0.05, 0.1) is 0 Å². The zero-order chi connectivity index (χ0) is 14.4. The van der Waals surface area contributed by atoms with Gasteiger partial charge in [0.2, 0.25) is 5.82 Å². The molecule has 7 heteroatoms. The summed E-state index contributed by atoms with van der Waals surface area (Å²) in [6.07, 6.45) is 1.07. The average Bonchev–Trinajstić information content (AvgIpc) is 2.88. The first kappa shape index (κ1) is 14.3. The molecule has 0 fully saturated rings. The van der Waals surface area contributed by atoms with Gasteiger partial charge in [0.25, 0.3) is 0 Å². The minimum Gasteiger partial charge on any atom is -0.359 e. The SMILES string of the molecule is CCCCNC(=O)Oc1nc(-c2ccc(Cl)cc2)no1. The number of amides is 1. The third-order valence-corrected chi connectivity index (χ3v) is 2.74. The van der Waals surface area contributed by atoms with Gasteiger partial charge in [-0.25, -0.2) is 4.79 Å². The minimum atomic E-state index is -0.607. The van der Waals surface area contributed by atoms with Gasteiger partial charge in [-0.3, -0.25) is 4.52 Å². The third-order valence-electron chi connectivity index (χ3n) is 2.49. The number of aromatic nitrogens is 2. The fourth-order valence-electron chi connectivity index (χ4n) is 1.45. The molecule has 0 spiro atoms. The number of halogens is 1. The molecule has 106 valence electrons. The fraction of sp³-hybridized carbons (Fsp3) is 0.308. The lowest BCUT2D eigenvalue weighted by atomic mass is 10.2. The van der Waals surface area contributed by atoms with Crippen molar-refractivity contribution in [2.75, 3.05) is 6.54 Å². The summed E-state index contributed by atoms with van der Waals surface area (Å²) in [6.45, 7) is 2.58. The molecule has 2 rings (SSSR count). The summed E-state index contributed by atoms with van der Waals surface area (Å²) in [5.41, 5.74) is 0.722. The summed E-state index contributed by atoms with van der Waals surface area (Å²) < 4.78 is 9.72. The molecule has 0 radical (unpaired) electrons. The van der Waals surface area contributed by atoms with Crippen LogP contribution in [0.15, 0.2) is 28.8 Å². The number of hydrogen-bond acceptors (Lipinski definition) is 5. The number of carbonyl (C=O) groups is 1. The van der Waals surface area contributed by atoms with Gasteiger partial charge in [0, 0.05) is 17.1 Å². The van der Waals surface area contributed by atoms with Crippen LogP contribution < -0.4 is 10.1 Å². The topological polar surface area (TPSA) is 77.2 Å². The van der Waals surface area contributed by atoms with E-state index in [-0.39, 0.29) is 6.08 Å². The van der Waals surface area contributed by atoms with Crippen molar-refractivity contribution < 1.29 is 14.1 Å². The van der Waals surface area contributed by atoms with Crippen LogP contribution in [0.1, 0.15) is 19.8 Å². The van der Waals surface area contributed by atoms with E-state index in [9.17, 15) is 4.79 Å². The van der Waals surface area contributed by atoms with E-state index in [1.807, 2.05) is 6.92 Å². The van der Waals surface area contributed by atoms with E-state index in [1.54, 1.807) is 24.3 Å². The van der Waals surface area contributed by atoms with Crippen LogP contribution in [-0.2, 0) is 0 Å². The highest BCUT2D eigenvalue weighted by Crippen LogP contribution is 2.20. The summed E-state index contributed by atoms with van der Waals surface area (Å²) in [5.74, 6) is 0.332. The van der Waals surface area contributed by atoms with Gasteiger partial charge in [0.1, 0.15) is 0 Å². The molecule has 0 aliphatic rings. The molecule has 0 unspecified atom stereocenters. The Morgan fingerprint density at radius 3 is 2.85 bits per heavy atom. The third kappa shape index (κ3) is 3.96. The molecule has 0 saturated carbocycles. The lowest BCUT2D eigenvalue weighted by Gasteiger charge is -2.00. The number of nitrogens with one attached hydrogen (secondary N) is 1. The molecule has 1 aromatic carbocycles. The van der Waals surface area contributed by atoms with Gasteiger partial charge < -0.3 is 10.1 Å². The summed E-state index contributed by atoms with van der Waals surface area (Å²) in [7, 11) is 0. The second-order valence-electron chi connectivity index (χ2n) is 4.06. The monoisotopic (exact) mass is 295 g/mol. The van der Waals surface area contributed by atoms with E-state index < -0.39 is 6.09 Å². The summed E-state index contributed by atoms with van der Waals surface area (Å²) in [6, 6.07) is 6.92. The van der Waals surface area contributed by atoms with Crippen molar-refractivity contribution in [3.63, 3.8) is 0 Å². The zero-order valence-corrected chi connectivity index (χ0v) is 11.7. The van der Waals surface area contributed by atoms with Crippen LogP contribution in [0.25, 0.3) is 11.4 Å². The van der Waals surface area contributed by atoms with Crippen LogP contribution >= 0.6 is 11.6 Å². The number of ether oxygens (including phenoxy) is 1. The van der Waals surface area contributed by atoms with Crippen LogP contribution in [0.5, 0.6) is 6.08 Å². The second-order valence-corrected chi connectivity index (χ2v) is 4.50. The smallest absolute Gasteiger partial charge is 0.359 e. The lowest BCUT2D eigenvalue weighted by Crippen LogP contribution is -2.27. The van der Waals surface area contributed by atoms with Gasteiger partial charge in [-0.1, -0.05) is 30.1 Å². The summed E-state index contributed by atoms with van der Waals surface area (Å²) >= 11 is 5.79. The normalized spacial score (nSPS) is 10.3. The Labute approximate surface area is 121 Å². The summed E-state index contributed by atoms with van der Waals surface area (Å²) in [5, 5.41) is 6.93. The first-order valence-electron chi connectivity index (χ1n) is 6.24. The standard InChI is InChI=1S/C13H14ClN3O3/c1-2-3-8-15-12(18)19-13-16-11(17-20-13)9-4-6-10(14)7-5-9/h4-7H,2-3,8H2,1H3,(H,15,18). The Morgan fingerprint density at radius 1 is 1.40 bits per heavy atom. The largest absolute Gasteiger partial charge is 0.426 e. The molecule has 1 amide bonds. The van der Waals surface area contributed by atoms with E-state index in [4.69, 9.17) is 20.9 Å². The molecular weight excluding hydrogens is 282 g/mol. The first-order chi connectivity index (χ1) is 9.69. The van der Waals surface area contributed by atoms with Crippen molar-refractivity contribution in [1.29, 1.82) is 0 Å². The zero-order valence-electron chi connectivity index (χ0n) is 10.9. The van der Waals surface area contributed by atoms with Crippen LogP contribution in [0.2, 0.25) is 5.02 Å². The predicted octanol–water partition coefficient (Wildman–Crippen LogP) is 3.28. The van der Waals surface area contributed by atoms with E-state index in [1.165, 1.54) is 0 Å². The van der Waals surface area contributed by atoms with Crippen molar-refractivity contribution in [2.24, 2.45) is 0 Å². The van der Waals surface area contributed by atoms with E-state index in [0.29, 0.717) is 17.4 Å². The Balaban J connectivity index is 1.95. The molecular formula is C13H14ClN3O3. The highest BCUT2D eigenvalue weighted by Gasteiger charge is 2.13. The molecule has 0 aliphatic heterocycles. The molecule has 2 aromatic rings. The molecule has 0 aliphatic carbocycles. The first-order valence-corrected chi connectivity index (χ1v) is 6.62.